The van der Waals surface area contributed by atoms with Crippen LogP contribution < -0.4 is 0 Å². The minimum absolute atomic E-state index is 0.913. The summed E-state index contributed by atoms with van der Waals surface area (Å²) in [5.41, 5.74) is 0. The molecule has 4 aliphatic carbocycles. The zero-order chi connectivity index (χ0) is 19.3. The largest absolute Gasteiger partial charge is 0.0851 e. The molecule has 0 unspecified atom stereocenters. The van der Waals surface area contributed by atoms with E-state index in [1.165, 1.54) is 103 Å². The first-order chi connectivity index (χ1) is 13.7. The van der Waals surface area contributed by atoms with Gasteiger partial charge in [0.05, 0.1) is 0 Å². The van der Waals surface area contributed by atoms with Crippen molar-refractivity contribution < 1.29 is 0 Å². The first kappa shape index (κ1) is 21.0. The Labute approximate surface area is 176 Å². The van der Waals surface area contributed by atoms with Gasteiger partial charge in [-0.05, 0) is 124 Å². The maximum Gasteiger partial charge on any atom is -0.0233 e. The second kappa shape index (κ2) is 10.2. The van der Waals surface area contributed by atoms with Crippen molar-refractivity contribution in [2.75, 3.05) is 0 Å². The molecule has 0 heterocycles. The smallest absolute Gasteiger partial charge is 0.0233 e. The molecule has 4 rings (SSSR count). The van der Waals surface area contributed by atoms with Crippen molar-refractivity contribution in [3.05, 3.63) is 12.2 Å². The van der Waals surface area contributed by atoms with Gasteiger partial charge in [-0.2, -0.15) is 0 Å². The van der Waals surface area contributed by atoms with Crippen LogP contribution in [0.15, 0.2) is 12.2 Å². The first-order valence-electron chi connectivity index (χ1n) is 13.4. The van der Waals surface area contributed by atoms with Gasteiger partial charge in [-0.25, -0.2) is 0 Å². The van der Waals surface area contributed by atoms with Gasteiger partial charge in [-0.1, -0.05) is 51.7 Å². The summed E-state index contributed by atoms with van der Waals surface area (Å²) >= 11 is 0. The highest BCUT2D eigenvalue weighted by Gasteiger charge is 2.31. The molecule has 0 bridgehead atoms. The lowest BCUT2D eigenvalue weighted by Gasteiger charge is -2.37. The average molecular weight is 385 g/mol. The van der Waals surface area contributed by atoms with Crippen LogP contribution in [-0.4, -0.2) is 0 Å². The van der Waals surface area contributed by atoms with E-state index >= 15 is 0 Å². The maximum atomic E-state index is 2.67. The summed E-state index contributed by atoms with van der Waals surface area (Å²) < 4.78 is 0. The Hall–Kier alpha value is -0.260. The molecular weight excluding hydrogens is 336 g/mol. The van der Waals surface area contributed by atoms with Crippen molar-refractivity contribution in [1.82, 2.24) is 0 Å². The number of allylic oxidation sites excluding steroid dienone is 2. The molecule has 0 N–H and O–H groups in total. The normalized spacial score (nSPS) is 45.9. The fourth-order valence-corrected chi connectivity index (χ4v) is 7.45. The SMILES string of the molecule is CC1CCC(C2CCC(/C=C/C3CCC(C4CCC(C)CC4)CC3)CC2)CC1. The van der Waals surface area contributed by atoms with Crippen molar-refractivity contribution in [3.8, 4) is 0 Å². The van der Waals surface area contributed by atoms with Crippen LogP contribution in [0.2, 0.25) is 0 Å². The highest BCUT2D eigenvalue weighted by atomic mass is 14.4. The van der Waals surface area contributed by atoms with E-state index in [4.69, 9.17) is 0 Å². The Morgan fingerprint density at radius 3 is 0.893 bits per heavy atom. The first-order valence-corrected chi connectivity index (χ1v) is 13.4. The van der Waals surface area contributed by atoms with Gasteiger partial charge in [0, 0.05) is 0 Å². The van der Waals surface area contributed by atoms with Crippen LogP contribution in [0, 0.1) is 47.3 Å². The third kappa shape index (κ3) is 5.66. The van der Waals surface area contributed by atoms with Crippen molar-refractivity contribution in [3.63, 3.8) is 0 Å². The number of hydrogen-bond donors (Lipinski definition) is 0. The Morgan fingerprint density at radius 2 is 0.607 bits per heavy atom. The molecule has 0 saturated heterocycles. The lowest BCUT2D eigenvalue weighted by Crippen LogP contribution is -2.25. The number of rotatable bonds is 4. The predicted molar refractivity (Wildman–Crippen MR) is 122 cm³/mol. The van der Waals surface area contributed by atoms with E-state index in [0.717, 1.165) is 47.3 Å². The van der Waals surface area contributed by atoms with Crippen LogP contribution in [0.25, 0.3) is 0 Å². The van der Waals surface area contributed by atoms with Crippen LogP contribution in [-0.2, 0) is 0 Å². The van der Waals surface area contributed by atoms with Gasteiger partial charge in [-0.3, -0.25) is 0 Å². The Balaban J connectivity index is 1.14. The molecule has 0 atom stereocenters. The van der Waals surface area contributed by atoms with Gasteiger partial charge in [-0.15, -0.1) is 0 Å². The minimum Gasteiger partial charge on any atom is -0.0851 e. The van der Waals surface area contributed by atoms with Crippen molar-refractivity contribution in [2.45, 2.75) is 117 Å². The predicted octanol–water partition coefficient (Wildman–Crippen LogP) is 8.81. The highest BCUT2D eigenvalue weighted by molar-refractivity contribution is 4.97. The zero-order valence-corrected chi connectivity index (χ0v) is 19.1. The molecule has 0 aromatic heterocycles. The number of hydrogen-bond acceptors (Lipinski definition) is 0. The van der Waals surface area contributed by atoms with E-state index < -0.39 is 0 Å². The fraction of sp³-hybridized carbons (Fsp3) is 0.929. The van der Waals surface area contributed by atoms with Crippen molar-refractivity contribution in [2.24, 2.45) is 47.3 Å². The van der Waals surface area contributed by atoms with Crippen molar-refractivity contribution >= 4 is 0 Å². The van der Waals surface area contributed by atoms with Crippen molar-refractivity contribution in [1.29, 1.82) is 0 Å². The molecule has 0 aromatic rings. The fourth-order valence-electron chi connectivity index (χ4n) is 7.45. The molecule has 160 valence electrons. The second-order valence-corrected chi connectivity index (χ2v) is 11.8. The Bertz CT molecular complexity index is 414. The van der Waals surface area contributed by atoms with Crippen LogP contribution >= 0.6 is 0 Å². The second-order valence-electron chi connectivity index (χ2n) is 11.8. The summed E-state index contributed by atoms with van der Waals surface area (Å²) in [5, 5.41) is 0. The lowest BCUT2D eigenvalue weighted by molar-refractivity contribution is 0.157. The molecular formula is C28H48. The molecule has 0 amide bonds. The van der Waals surface area contributed by atoms with Gasteiger partial charge >= 0.3 is 0 Å². The molecule has 4 aliphatic rings. The third-order valence-corrected chi connectivity index (χ3v) is 9.74. The lowest BCUT2D eigenvalue weighted by atomic mass is 9.68. The molecule has 0 aromatic carbocycles. The quantitative estimate of drug-likeness (QED) is 0.425. The van der Waals surface area contributed by atoms with Gasteiger partial charge in [0.25, 0.3) is 0 Å². The Morgan fingerprint density at radius 1 is 0.357 bits per heavy atom. The van der Waals surface area contributed by atoms with Gasteiger partial charge in [0.15, 0.2) is 0 Å². The van der Waals surface area contributed by atoms with Crippen LogP contribution in [0.4, 0.5) is 0 Å². The molecule has 4 fully saturated rings. The maximum absolute atomic E-state index is 2.67. The standard InChI is InChI=1S/C28H48/c1-21-3-13-25(14-4-21)27-17-9-23(10-18-27)7-8-24-11-19-28(20-12-24)26-15-5-22(2)6-16-26/h7-8,21-28H,3-6,9-20H2,1-2H3/b8-7+. The summed E-state index contributed by atoms with van der Waals surface area (Å²) in [7, 11) is 0. The van der Waals surface area contributed by atoms with Crippen LogP contribution in [0.3, 0.4) is 0 Å². The molecule has 0 heteroatoms. The molecule has 0 aliphatic heterocycles. The highest BCUT2D eigenvalue weighted by Crippen LogP contribution is 2.43. The third-order valence-electron chi connectivity index (χ3n) is 9.74. The summed E-state index contributed by atoms with van der Waals surface area (Å²) in [6.45, 7) is 4.92. The molecule has 4 saturated carbocycles. The van der Waals surface area contributed by atoms with E-state index in [2.05, 4.69) is 26.0 Å². The van der Waals surface area contributed by atoms with E-state index in [1.54, 1.807) is 0 Å². The van der Waals surface area contributed by atoms with Gasteiger partial charge in [0.2, 0.25) is 0 Å². The van der Waals surface area contributed by atoms with E-state index in [-0.39, 0.29) is 0 Å². The van der Waals surface area contributed by atoms with Gasteiger partial charge < -0.3 is 0 Å². The van der Waals surface area contributed by atoms with E-state index in [1.807, 2.05) is 0 Å². The van der Waals surface area contributed by atoms with Gasteiger partial charge in [0.1, 0.15) is 0 Å². The Kier molecular flexibility index (Phi) is 7.62. The van der Waals surface area contributed by atoms with Crippen LogP contribution in [0.1, 0.15) is 117 Å². The summed E-state index contributed by atoms with van der Waals surface area (Å²) in [5.74, 6) is 8.15. The zero-order valence-electron chi connectivity index (χ0n) is 19.1. The summed E-state index contributed by atoms with van der Waals surface area (Å²) in [4.78, 5) is 0. The van der Waals surface area contributed by atoms with E-state index in [9.17, 15) is 0 Å². The molecule has 0 nitrogen and oxygen atoms in total. The molecule has 0 spiro atoms. The minimum atomic E-state index is 0.913. The van der Waals surface area contributed by atoms with E-state index in [0.29, 0.717) is 0 Å². The topological polar surface area (TPSA) is 0 Å². The molecule has 28 heavy (non-hydrogen) atoms. The summed E-state index contributed by atoms with van der Waals surface area (Å²) in [6, 6.07) is 0. The monoisotopic (exact) mass is 384 g/mol. The summed E-state index contributed by atoms with van der Waals surface area (Å²) in [6.07, 6.45) is 29.6. The van der Waals surface area contributed by atoms with Crippen LogP contribution in [0.5, 0.6) is 0 Å². The average Bonchev–Trinajstić information content (AvgIpc) is 2.74. The molecule has 0 radical (unpaired) electrons.